The standard InChI is InChI=1S/C14H23N5O2S/c1-3-10(2)15-13(21)16-12(20)9-22-14-18-17-11-7-5-4-6-8-19(11)14/h10H,3-9H2,1-2H3,(H2,15,16,20,21)/t10-/m0/s1. The van der Waals surface area contributed by atoms with Gasteiger partial charge in [0, 0.05) is 19.0 Å². The number of carbonyl (C=O) groups is 2. The molecule has 3 amide bonds. The number of imide groups is 1. The van der Waals surface area contributed by atoms with Crippen molar-refractivity contribution in [1.82, 2.24) is 25.4 Å². The summed E-state index contributed by atoms with van der Waals surface area (Å²) in [6, 6.07) is -0.396. The summed E-state index contributed by atoms with van der Waals surface area (Å²) >= 11 is 1.32. The van der Waals surface area contributed by atoms with Crippen molar-refractivity contribution < 1.29 is 9.59 Å². The van der Waals surface area contributed by atoms with E-state index in [4.69, 9.17) is 0 Å². The van der Waals surface area contributed by atoms with Crippen molar-refractivity contribution in [2.24, 2.45) is 0 Å². The Hall–Kier alpha value is -1.57. The Kier molecular flexibility index (Phi) is 6.23. The van der Waals surface area contributed by atoms with Gasteiger partial charge in [0.25, 0.3) is 0 Å². The highest BCUT2D eigenvalue weighted by atomic mass is 32.2. The van der Waals surface area contributed by atoms with Crippen molar-refractivity contribution >= 4 is 23.7 Å². The maximum atomic E-state index is 11.8. The van der Waals surface area contributed by atoms with Gasteiger partial charge in [-0.25, -0.2) is 4.79 Å². The van der Waals surface area contributed by atoms with Crippen LogP contribution >= 0.6 is 11.8 Å². The molecule has 2 N–H and O–H groups in total. The number of fused-ring (bicyclic) bond motifs is 1. The third kappa shape index (κ3) is 4.72. The highest BCUT2D eigenvalue weighted by Crippen LogP contribution is 2.21. The Morgan fingerprint density at radius 1 is 1.32 bits per heavy atom. The lowest BCUT2D eigenvalue weighted by atomic mass is 10.2. The highest BCUT2D eigenvalue weighted by molar-refractivity contribution is 7.99. The van der Waals surface area contributed by atoms with E-state index in [-0.39, 0.29) is 17.7 Å². The van der Waals surface area contributed by atoms with Crippen LogP contribution in [0.3, 0.4) is 0 Å². The first kappa shape index (κ1) is 16.8. The fourth-order valence-electron chi connectivity index (χ4n) is 2.22. The van der Waals surface area contributed by atoms with Gasteiger partial charge < -0.3 is 9.88 Å². The average Bonchev–Trinajstić information content (AvgIpc) is 2.71. The van der Waals surface area contributed by atoms with E-state index in [0.717, 1.165) is 43.2 Å². The van der Waals surface area contributed by atoms with E-state index < -0.39 is 6.03 Å². The second-order valence-electron chi connectivity index (χ2n) is 5.48. The molecule has 0 radical (unpaired) electrons. The van der Waals surface area contributed by atoms with Crippen LogP contribution in [0, 0.1) is 0 Å². The molecule has 0 saturated heterocycles. The zero-order valence-electron chi connectivity index (χ0n) is 13.1. The molecule has 1 aromatic heterocycles. The van der Waals surface area contributed by atoms with Gasteiger partial charge >= 0.3 is 6.03 Å². The number of rotatable bonds is 5. The molecule has 0 unspecified atom stereocenters. The lowest BCUT2D eigenvalue weighted by Crippen LogP contribution is -2.43. The smallest absolute Gasteiger partial charge is 0.321 e. The summed E-state index contributed by atoms with van der Waals surface area (Å²) in [6.45, 7) is 4.77. The van der Waals surface area contributed by atoms with E-state index in [9.17, 15) is 9.59 Å². The minimum atomic E-state index is -0.444. The van der Waals surface area contributed by atoms with Gasteiger partial charge in [0.2, 0.25) is 5.91 Å². The maximum absolute atomic E-state index is 11.8. The molecule has 1 atom stereocenters. The fourth-order valence-corrected chi connectivity index (χ4v) is 3.00. The lowest BCUT2D eigenvalue weighted by molar-refractivity contribution is -0.117. The molecular formula is C14H23N5O2S. The molecule has 0 aliphatic carbocycles. The monoisotopic (exact) mass is 325 g/mol. The Bertz CT molecular complexity index is 531. The van der Waals surface area contributed by atoms with Crippen LogP contribution in [0.15, 0.2) is 5.16 Å². The van der Waals surface area contributed by atoms with Crippen molar-refractivity contribution in [3.63, 3.8) is 0 Å². The number of nitrogens with one attached hydrogen (secondary N) is 2. The van der Waals surface area contributed by atoms with E-state index in [1.807, 2.05) is 13.8 Å². The van der Waals surface area contributed by atoms with E-state index in [0.29, 0.717) is 0 Å². The molecule has 0 saturated carbocycles. The van der Waals surface area contributed by atoms with Gasteiger partial charge in [-0.2, -0.15) is 0 Å². The molecule has 0 aromatic carbocycles. The van der Waals surface area contributed by atoms with Gasteiger partial charge in [0.05, 0.1) is 5.75 Å². The summed E-state index contributed by atoms with van der Waals surface area (Å²) in [6.07, 6.45) is 5.21. The number of carbonyl (C=O) groups excluding carboxylic acids is 2. The predicted octanol–water partition coefficient (Wildman–Crippen LogP) is 1.72. The van der Waals surface area contributed by atoms with Crippen LogP contribution in [0.5, 0.6) is 0 Å². The minimum absolute atomic E-state index is 0.0488. The molecule has 0 fully saturated rings. The van der Waals surface area contributed by atoms with Crippen molar-refractivity contribution in [1.29, 1.82) is 0 Å². The summed E-state index contributed by atoms with van der Waals surface area (Å²) in [5.41, 5.74) is 0. The maximum Gasteiger partial charge on any atom is 0.321 e. The quantitative estimate of drug-likeness (QED) is 0.805. The predicted molar refractivity (Wildman–Crippen MR) is 84.7 cm³/mol. The number of aromatic nitrogens is 3. The molecule has 1 aromatic rings. The first-order chi connectivity index (χ1) is 10.6. The number of amides is 3. The summed E-state index contributed by atoms with van der Waals surface area (Å²) in [5, 5.41) is 14.1. The first-order valence-corrected chi connectivity index (χ1v) is 8.74. The first-order valence-electron chi connectivity index (χ1n) is 7.75. The van der Waals surface area contributed by atoms with Crippen LogP contribution in [-0.4, -0.2) is 38.5 Å². The molecule has 122 valence electrons. The Morgan fingerprint density at radius 2 is 2.14 bits per heavy atom. The van der Waals surface area contributed by atoms with Crippen LogP contribution < -0.4 is 10.6 Å². The highest BCUT2D eigenvalue weighted by Gasteiger charge is 2.17. The second kappa shape index (κ2) is 8.17. The van der Waals surface area contributed by atoms with Gasteiger partial charge in [-0.3, -0.25) is 10.1 Å². The van der Waals surface area contributed by atoms with Gasteiger partial charge in [0.1, 0.15) is 5.82 Å². The molecule has 0 spiro atoms. The molecule has 2 rings (SSSR count). The largest absolute Gasteiger partial charge is 0.335 e. The fraction of sp³-hybridized carbons (Fsp3) is 0.714. The van der Waals surface area contributed by atoms with Crippen molar-refractivity contribution in [3.05, 3.63) is 5.82 Å². The van der Waals surface area contributed by atoms with Crippen LogP contribution in [0.25, 0.3) is 0 Å². The van der Waals surface area contributed by atoms with Gasteiger partial charge in [-0.15, -0.1) is 10.2 Å². The van der Waals surface area contributed by atoms with Crippen LogP contribution in [-0.2, 0) is 17.8 Å². The van der Waals surface area contributed by atoms with E-state index in [1.54, 1.807) is 0 Å². The van der Waals surface area contributed by atoms with Crippen molar-refractivity contribution in [2.45, 2.75) is 63.7 Å². The molecular weight excluding hydrogens is 302 g/mol. The summed E-state index contributed by atoms with van der Waals surface area (Å²) in [7, 11) is 0. The van der Waals surface area contributed by atoms with E-state index >= 15 is 0 Å². The number of thioether (sulfide) groups is 1. The second-order valence-corrected chi connectivity index (χ2v) is 6.42. The van der Waals surface area contributed by atoms with Gasteiger partial charge in [0.15, 0.2) is 5.16 Å². The van der Waals surface area contributed by atoms with Crippen LogP contribution in [0.1, 0.15) is 45.4 Å². The third-order valence-electron chi connectivity index (χ3n) is 3.65. The SMILES string of the molecule is CC[C@H](C)NC(=O)NC(=O)CSc1nnc2n1CCCCC2. The number of nitrogens with zero attached hydrogens (tertiary/aromatic N) is 3. The third-order valence-corrected chi connectivity index (χ3v) is 4.62. The Balaban J connectivity index is 1.81. The molecule has 22 heavy (non-hydrogen) atoms. The van der Waals surface area contributed by atoms with Crippen molar-refractivity contribution in [2.75, 3.05) is 5.75 Å². The summed E-state index contributed by atoms with van der Waals surface area (Å²) in [5.74, 6) is 0.832. The lowest BCUT2D eigenvalue weighted by Gasteiger charge is -2.11. The zero-order chi connectivity index (χ0) is 15.9. The Labute approximate surface area is 134 Å². The van der Waals surface area contributed by atoms with Crippen LogP contribution in [0.2, 0.25) is 0 Å². The topological polar surface area (TPSA) is 88.9 Å². The molecule has 8 heteroatoms. The van der Waals surface area contributed by atoms with Gasteiger partial charge in [-0.1, -0.05) is 25.1 Å². The average molecular weight is 325 g/mol. The molecule has 1 aliphatic rings. The van der Waals surface area contributed by atoms with E-state index in [2.05, 4.69) is 25.4 Å². The summed E-state index contributed by atoms with van der Waals surface area (Å²) < 4.78 is 2.09. The number of urea groups is 1. The molecule has 2 heterocycles. The van der Waals surface area contributed by atoms with Gasteiger partial charge in [-0.05, 0) is 26.2 Å². The zero-order valence-corrected chi connectivity index (χ0v) is 13.9. The Morgan fingerprint density at radius 3 is 2.91 bits per heavy atom. The van der Waals surface area contributed by atoms with Crippen molar-refractivity contribution in [3.8, 4) is 0 Å². The van der Waals surface area contributed by atoms with Crippen LogP contribution in [0.4, 0.5) is 4.79 Å². The number of hydrogen-bond donors (Lipinski definition) is 2. The molecule has 1 aliphatic heterocycles. The number of aryl methyl sites for hydroxylation is 1. The summed E-state index contributed by atoms with van der Waals surface area (Å²) in [4.78, 5) is 23.4. The van der Waals surface area contributed by atoms with E-state index in [1.165, 1.54) is 18.2 Å². The normalized spacial score (nSPS) is 15.5. The molecule has 7 nitrogen and oxygen atoms in total. The minimum Gasteiger partial charge on any atom is -0.335 e. The molecule has 0 bridgehead atoms. The number of hydrogen-bond acceptors (Lipinski definition) is 5.